The summed E-state index contributed by atoms with van der Waals surface area (Å²) < 4.78 is 50.0. The minimum atomic E-state index is -4.45. The smallest absolute Gasteiger partial charge is 0.408 e. The van der Waals surface area contributed by atoms with Crippen LogP contribution in [0.15, 0.2) is 30.7 Å². The van der Waals surface area contributed by atoms with E-state index in [0.717, 1.165) is 4.68 Å². The Morgan fingerprint density at radius 1 is 1.28 bits per heavy atom. The molecule has 0 radical (unpaired) electrons. The van der Waals surface area contributed by atoms with Crippen LogP contribution in [0.2, 0.25) is 0 Å². The lowest BCUT2D eigenvalue weighted by Crippen LogP contribution is -2.39. The second-order valence-corrected chi connectivity index (χ2v) is 10.1. The van der Waals surface area contributed by atoms with Gasteiger partial charge in [0.2, 0.25) is 5.88 Å². The highest BCUT2D eigenvalue weighted by atomic mass is 19.4. The summed E-state index contributed by atoms with van der Waals surface area (Å²) in [5.41, 5.74) is 1.93. The van der Waals surface area contributed by atoms with Gasteiger partial charge in [0.05, 0.1) is 54.1 Å². The molecule has 0 unspecified atom stereocenters. The first-order chi connectivity index (χ1) is 18.4. The van der Waals surface area contributed by atoms with Gasteiger partial charge < -0.3 is 14.8 Å². The van der Waals surface area contributed by atoms with E-state index in [-0.39, 0.29) is 35.0 Å². The first kappa shape index (κ1) is 26.6. The summed E-state index contributed by atoms with van der Waals surface area (Å²) in [5.74, 6) is -0.581. The van der Waals surface area contributed by atoms with Gasteiger partial charge >= 0.3 is 6.18 Å². The second kappa shape index (κ2) is 9.63. The quantitative estimate of drug-likeness (QED) is 0.505. The average Bonchev–Trinajstić information content (AvgIpc) is 3.57. The highest BCUT2D eigenvalue weighted by molar-refractivity contribution is 6.12. The Bertz CT molecular complexity index is 1450. The maximum atomic E-state index is 13.5. The van der Waals surface area contributed by atoms with E-state index in [4.69, 9.17) is 14.5 Å². The number of amides is 2. The van der Waals surface area contributed by atoms with Crippen LogP contribution in [0.5, 0.6) is 5.88 Å². The molecule has 1 atom stereocenters. The zero-order valence-electron chi connectivity index (χ0n) is 21.8. The van der Waals surface area contributed by atoms with Gasteiger partial charge in [0.15, 0.2) is 0 Å². The Balaban J connectivity index is 1.50. The molecule has 1 N–H and O–H groups in total. The molecule has 5 rings (SSSR count). The van der Waals surface area contributed by atoms with Gasteiger partial charge in [0, 0.05) is 24.6 Å². The lowest BCUT2D eigenvalue weighted by Gasteiger charge is -2.30. The molecule has 13 heteroatoms. The molecule has 1 saturated heterocycles. The predicted molar refractivity (Wildman–Crippen MR) is 134 cm³/mol. The van der Waals surface area contributed by atoms with Gasteiger partial charge in [0.1, 0.15) is 12.1 Å². The van der Waals surface area contributed by atoms with E-state index in [1.54, 1.807) is 32.9 Å². The van der Waals surface area contributed by atoms with Gasteiger partial charge in [-0.15, -0.1) is 0 Å². The Morgan fingerprint density at radius 2 is 2.05 bits per heavy atom. The fourth-order valence-corrected chi connectivity index (χ4v) is 5.01. The van der Waals surface area contributed by atoms with E-state index in [9.17, 15) is 22.8 Å². The van der Waals surface area contributed by atoms with E-state index in [2.05, 4.69) is 15.4 Å². The van der Waals surface area contributed by atoms with Crippen molar-refractivity contribution in [1.82, 2.24) is 25.1 Å². The third-order valence-electron chi connectivity index (χ3n) is 6.84. The molecule has 1 fully saturated rings. The normalized spacial score (nSPS) is 18.4. The van der Waals surface area contributed by atoms with Crippen LogP contribution in [0.25, 0.3) is 11.3 Å². The summed E-state index contributed by atoms with van der Waals surface area (Å²) in [6.07, 6.45) is 0.230. The summed E-state index contributed by atoms with van der Waals surface area (Å²) in [7, 11) is 1.43. The van der Waals surface area contributed by atoms with Crippen molar-refractivity contribution in [3.8, 4) is 17.1 Å². The summed E-state index contributed by atoms with van der Waals surface area (Å²) in [6.45, 7) is 5.04. The van der Waals surface area contributed by atoms with Crippen molar-refractivity contribution in [1.29, 1.82) is 0 Å². The highest BCUT2D eigenvalue weighted by Crippen LogP contribution is 2.43. The van der Waals surface area contributed by atoms with Crippen molar-refractivity contribution >= 4 is 17.5 Å². The topological polar surface area (TPSA) is 111 Å². The van der Waals surface area contributed by atoms with Gasteiger partial charge in [-0.2, -0.15) is 18.3 Å². The van der Waals surface area contributed by atoms with Crippen molar-refractivity contribution < 1.29 is 32.2 Å². The molecule has 0 aliphatic carbocycles. The SMILES string of the molecule is COc1ncc(-c2cc(C)c3c(n2)C(C)(C)N(c2cnn(CC(F)(F)F)c2)C3=O)cc1C(=O)N[C@H]1CCOC1. The van der Waals surface area contributed by atoms with Gasteiger partial charge in [-0.3, -0.25) is 19.2 Å². The largest absolute Gasteiger partial charge is 0.480 e. The number of carbonyl (C=O) groups excluding carboxylic acids is 2. The molecule has 0 bridgehead atoms. The number of hydrogen-bond donors (Lipinski definition) is 1. The molecule has 39 heavy (non-hydrogen) atoms. The van der Waals surface area contributed by atoms with E-state index < -0.39 is 18.3 Å². The van der Waals surface area contributed by atoms with E-state index in [1.807, 2.05) is 0 Å². The van der Waals surface area contributed by atoms with Gasteiger partial charge in [-0.05, 0) is 44.9 Å². The molecular formula is C26H27F3N6O4. The molecule has 5 heterocycles. The number of rotatable bonds is 6. The number of anilines is 1. The maximum Gasteiger partial charge on any atom is 0.408 e. The van der Waals surface area contributed by atoms with Crippen LogP contribution in [0.3, 0.4) is 0 Å². The number of aryl methyl sites for hydroxylation is 1. The number of pyridine rings is 2. The second-order valence-electron chi connectivity index (χ2n) is 10.1. The van der Waals surface area contributed by atoms with E-state index in [0.29, 0.717) is 47.7 Å². The summed E-state index contributed by atoms with van der Waals surface area (Å²) in [4.78, 5) is 37.0. The van der Waals surface area contributed by atoms with Gasteiger partial charge in [-0.25, -0.2) is 9.97 Å². The Kier molecular flexibility index (Phi) is 6.57. The molecule has 0 aromatic carbocycles. The molecular weight excluding hydrogens is 517 g/mol. The fourth-order valence-electron chi connectivity index (χ4n) is 5.01. The molecule has 10 nitrogen and oxygen atoms in total. The maximum absolute atomic E-state index is 13.5. The average molecular weight is 545 g/mol. The number of ether oxygens (including phenoxy) is 2. The summed E-state index contributed by atoms with van der Waals surface area (Å²) >= 11 is 0. The van der Waals surface area contributed by atoms with E-state index >= 15 is 0 Å². The number of carbonyl (C=O) groups is 2. The molecule has 3 aromatic rings. The lowest BCUT2D eigenvalue weighted by molar-refractivity contribution is -0.142. The van der Waals surface area contributed by atoms with Crippen LogP contribution in [-0.4, -0.2) is 64.1 Å². The molecule has 0 saturated carbocycles. The third kappa shape index (κ3) is 4.93. The minimum Gasteiger partial charge on any atom is -0.480 e. The summed E-state index contributed by atoms with van der Waals surface area (Å²) in [6, 6.07) is 3.25. The Labute approximate surface area is 222 Å². The molecule has 2 aliphatic heterocycles. The third-order valence-corrected chi connectivity index (χ3v) is 6.84. The number of halogens is 3. The zero-order valence-corrected chi connectivity index (χ0v) is 21.8. The Hall–Kier alpha value is -4.00. The summed E-state index contributed by atoms with van der Waals surface area (Å²) in [5, 5.41) is 6.72. The Morgan fingerprint density at radius 3 is 2.72 bits per heavy atom. The molecule has 206 valence electrons. The van der Waals surface area contributed by atoms with Crippen LogP contribution >= 0.6 is 0 Å². The van der Waals surface area contributed by atoms with Crippen LogP contribution in [0.4, 0.5) is 18.9 Å². The first-order valence-corrected chi connectivity index (χ1v) is 12.3. The van der Waals surface area contributed by atoms with Gasteiger partial charge in [-0.1, -0.05) is 0 Å². The van der Waals surface area contributed by atoms with Crippen LogP contribution in [-0.2, 0) is 16.8 Å². The van der Waals surface area contributed by atoms with Crippen LogP contribution in [0.1, 0.15) is 52.2 Å². The number of aromatic nitrogens is 4. The zero-order chi connectivity index (χ0) is 28.1. The lowest BCUT2D eigenvalue weighted by atomic mass is 9.96. The standard InChI is InChI=1S/C26H27F3N6O4/c1-14-7-19(15-8-18(23(38-4)30-9-15)22(36)32-16-5-6-39-12-16)33-21-20(14)24(37)35(25(21,2)3)17-10-31-34(11-17)13-26(27,28)29/h7-11,16H,5-6,12-13H2,1-4H3,(H,32,36)/t16-/m0/s1. The van der Waals surface area contributed by atoms with Crippen molar-refractivity contribution in [2.75, 3.05) is 25.2 Å². The van der Waals surface area contributed by atoms with Crippen molar-refractivity contribution in [3.05, 3.63) is 53.1 Å². The number of alkyl halides is 3. The predicted octanol–water partition coefficient (Wildman–Crippen LogP) is 3.63. The number of fused-ring (bicyclic) bond motifs is 1. The van der Waals surface area contributed by atoms with Crippen LogP contribution < -0.4 is 15.0 Å². The van der Waals surface area contributed by atoms with Crippen molar-refractivity contribution in [2.24, 2.45) is 0 Å². The molecule has 2 aliphatic rings. The van der Waals surface area contributed by atoms with Crippen molar-refractivity contribution in [3.63, 3.8) is 0 Å². The number of nitrogens with zero attached hydrogens (tertiary/aromatic N) is 5. The number of hydrogen-bond acceptors (Lipinski definition) is 7. The van der Waals surface area contributed by atoms with Crippen molar-refractivity contribution in [2.45, 2.75) is 51.5 Å². The molecule has 0 spiro atoms. The minimum absolute atomic E-state index is 0.107. The monoisotopic (exact) mass is 544 g/mol. The fraction of sp³-hybridized carbons (Fsp3) is 0.423. The molecule has 2 amide bonds. The van der Waals surface area contributed by atoms with Gasteiger partial charge in [0.25, 0.3) is 11.8 Å². The number of methoxy groups -OCH3 is 1. The highest BCUT2D eigenvalue weighted by Gasteiger charge is 2.47. The van der Waals surface area contributed by atoms with Crippen LogP contribution in [0, 0.1) is 6.92 Å². The molecule has 3 aromatic heterocycles. The first-order valence-electron chi connectivity index (χ1n) is 12.3. The number of nitrogens with one attached hydrogen (secondary N) is 1. The van der Waals surface area contributed by atoms with E-state index in [1.165, 1.54) is 30.6 Å².